The zero-order valence-corrected chi connectivity index (χ0v) is 14.4. The standard InChI is InChI=1S/C16H22N6OS/c23-15(19-9-13-11-24-16-18-5-7-22(13)16)10-21-6-3-14(20-21)12-2-1-4-17-8-12/h3,6,11-12,17H,1-2,4-5,7-10H2,(H,19,23)/t12-/m1/s1. The number of amidine groups is 1. The number of nitrogens with one attached hydrogen (secondary N) is 2. The lowest BCUT2D eigenvalue weighted by Gasteiger charge is -2.20. The molecule has 0 saturated carbocycles. The van der Waals surface area contributed by atoms with Crippen molar-refractivity contribution in [3.63, 3.8) is 0 Å². The molecule has 0 bridgehead atoms. The van der Waals surface area contributed by atoms with Gasteiger partial charge >= 0.3 is 0 Å². The number of aromatic nitrogens is 2. The number of piperidine rings is 1. The highest BCUT2D eigenvalue weighted by Crippen LogP contribution is 2.28. The van der Waals surface area contributed by atoms with Crippen LogP contribution < -0.4 is 10.6 Å². The number of carbonyl (C=O) groups is 1. The Morgan fingerprint density at radius 2 is 2.46 bits per heavy atom. The summed E-state index contributed by atoms with van der Waals surface area (Å²) in [7, 11) is 0. The largest absolute Gasteiger partial charge is 0.349 e. The van der Waals surface area contributed by atoms with Crippen LogP contribution in [-0.2, 0) is 11.3 Å². The van der Waals surface area contributed by atoms with Crippen LogP contribution in [0.15, 0.2) is 28.4 Å². The molecule has 1 atom stereocenters. The van der Waals surface area contributed by atoms with Gasteiger partial charge in [-0.2, -0.15) is 5.10 Å². The first kappa shape index (κ1) is 15.7. The van der Waals surface area contributed by atoms with E-state index in [4.69, 9.17) is 0 Å². The molecule has 0 unspecified atom stereocenters. The fourth-order valence-electron chi connectivity index (χ4n) is 3.30. The van der Waals surface area contributed by atoms with E-state index in [2.05, 4.69) is 31.0 Å². The summed E-state index contributed by atoms with van der Waals surface area (Å²) < 4.78 is 1.74. The van der Waals surface area contributed by atoms with E-state index in [9.17, 15) is 4.79 Å². The highest BCUT2D eigenvalue weighted by Gasteiger charge is 2.26. The third-order valence-electron chi connectivity index (χ3n) is 4.60. The van der Waals surface area contributed by atoms with E-state index >= 15 is 0 Å². The lowest BCUT2D eigenvalue weighted by atomic mass is 9.97. The Morgan fingerprint density at radius 1 is 1.50 bits per heavy atom. The van der Waals surface area contributed by atoms with Gasteiger partial charge in [0.05, 0.1) is 18.8 Å². The first-order chi connectivity index (χ1) is 11.8. The van der Waals surface area contributed by atoms with Gasteiger partial charge in [0.1, 0.15) is 6.54 Å². The molecular formula is C16H22N6OS. The average molecular weight is 346 g/mol. The molecule has 2 N–H and O–H groups in total. The summed E-state index contributed by atoms with van der Waals surface area (Å²) in [5.41, 5.74) is 2.21. The zero-order chi connectivity index (χ0) is 16.4. The number of nitrogens with zero attached hydrogens (tertiary/aromatic N) is 4. The first-order valence-corrected chi connectivity index (χ1v) is 9.36. The van der Waals surface area contributed by atoms with Crippen molar-refractivity contribution in [1.29, 1.82) is 0 Å². The molecule has 8 heteroatoms. The number of amides is 1. The Kier molecular flexibility index (Phi) is 4.57. The topological polar surface area (TPSA) is 74.5 Å². The second kappa shape index (κ2) is 6.98. The van der Waals surface area contributed by atoms with E-state index in [0.717, 1.165) is 42.7 Å². The van der Waals surface area contributed by atoms with Crippen LogP contribution in [0, 0.1) is 0 Å². The van der Waals surface area contributed by atoms with Gasteiger partial charge in [-0.1, -0.05) is 11.8 Å². The molecule has 1 aromatic rings. The van der Waals surface area contributed by atoms with Crippen LogP contribution in [0.4, 0.5) is 0 Å². The monoisotopic (exact) mass is 346 g/mol. The predicted molar refractivity (Wildman–Crippen MR) is 94.8 cm³/mol. The third kappa shape index (κ3) is 3.34. The van der Waals surface area contributed by atoms with E-state index in [0.29, 0.717) is 12.5 Å². The van der Waals surface area contributed by atoms with Crippen molar-refractivity contribution in [2.75, 3.05) is 32.7 Å². The molecular weight excluding hydrogens is 324 g/mol. The molecule has 0 radical (unpaired) electrons. The van der Waals surface area contributed by atoms with Crippen molar-refractivity contribution in [2.45, 2.75) is 25.3 Å². The Labute approximate surface area is 145 Å². The molecule has 3 aliphatic rings. The maximum absolute atomic E-state index is 12.2. The van der Waals surface area contributed by atoms with Crippen molar-refractivity contribution in [2.24, 2.45) is 4.99 Å². The third-order valence-corrected chi connectivity index (χ3v) is 5.55. The smallest absolute Gasteiger partial charge is 0.242 e. The van der Waals surface area contributed by atoms with Crippen LogP contribution in [0.2, 0.25) is 0 Å². The summed E-state index contributed by atoms with van der Waals surface area (Å²) in [5.74, 6) is 0.457. The number of thioether (sulfide) groups is 1. The van der Waals surface area contributed by atoms with Gasteiger partial charge in [-0.05, 0) is 25.5 Å². The van der Waals surface area contributed by atoms with Crippen LogP contribution in [0.3, 0.4) is 0 Å². The quantitative estimate of drug-likeness (QED) is 0.822. The SMILES string of the molecule is O=C(Cn1ccc([C@@H]2CCCNC2)n1)NCC1=CSC2=NCCN12. The van der Waals surface area contributed by atoms with E-state index in [1.807, 2.05) is 12.3 Å². The van der Waals surface area contributed by atoms with Gasteiger partial charge in [-0.25, -0.2) is 0 Å². The number of rotatable bonds is 5. The summed E-state index contributed by atoms with van der Waals surface area (Å²) in [5, 5.41) is 14.1. The van der Waals surface area contributed by atoms with Crippen molar-refractivity contribution < 1.29 is 4.79 Å². The minimum absolute atomic E-state index is 0.0121. The van der Waals surface area contributed by atoms with Gasteiger partial charge < -0.3 is 15.5 Å². The second-order valence-electron chi connectivity index (χ2n) is 6.30. The van der Waals surface area contributed by atoms with Gasteiger partial charge in [0, 0.05) is 36.3 Å². The van der Waals surface area contributed by atoms with Crippen LogP contribution in [0.5, 0.6) is 0 Å². The number of hydrogen-bond acceptors (Lipinski definition) is 6. The van der Waals surface area contributed by atoms with Crippen LogP contribution in [0.25, 0.3) is 0 Å². The zero-order valence-electron chi connectivity index (χ0n) is 13.6. The molecule has 0 aliphatic carbocycles. The maximum Gasteiger partial charge on any atom is 0.242 e. The molecule has 1 amide bonds. The van der Waals surface area contributed by atoms with E-state index < -0.39 is 0 Å². The summed E-state index contributed by atoms with van der Waals surface area (Å²) in [4.78, 5) is 18.8. The molecule has 128 valence electrons. The van der Waals surface area contributed by atoms with Crippen molar-refractivity contribution >= 4 is 22.8 Å². The van der Waals surface area contributed by atoms with E-state index in [1.165, 1.54) is 12.8 Å². The van der Waals surface area contributed by atoms with Crippen LogP contribution in [-0.4, -0.2) is 58.5 Å². The number of aliphatic imine (C=N–C) groups is 1. The minimum atomic E-state index is -0.0121. The van der Waals surface area contributed by atoms with E-state index in [1.54, 1.807) is 16.4 Å². The molecule has 1 fully saturated rings. The molecule has 0 spiro atoms. The van der Waals surface area contributed by atoms with Crippen molar-refractivity contribution in [3.8, 4) is 0 Å². The molecule has 3 aliphatic heterocycles. The summed E-state index contributed by atoms with van der Waals surface area (Å²) in [6.07, 6.45) is 4.26. The fourth-order valence-corrected chi connectivity index (χ4v) is 4.25. The van der Waals surface area contributed by atoms with Crippen LogP contribution in [0.1, 0.15) is 24.5 Å². The fraction of sp³-hybridized carbons (Fsp3) is 0.562. The highest BCUT2D eigenvalue weighted by molar-refractivity contribution is 8.16. The molecule has 7 nitrogen and oxygen atoms in total. The lowest BCUT2D eigenvalue weighted by Crippen LogP contribution is -2.34. The van der Waals surface area contributed by atoms with Gasteiger partial charge in [0.15, 0.2) is 5.17 Å². The minimum Gasteiger partial charge on any atom is -0.349 e. The summed E-state index contributed by atoms with van der Waals surface area (Å²) in [6, 6.07) is 2.04. The van der Waals surface area contributed by atoms with Gasteiger partial charge in [0.25, 0.3) is 0 Å². The Hall–Kier alpha value is -1.80. The average Bonchev–Trinajstić information content (AvgIpc) is 3.31. The molecule has 4 heterocycles. The normalized spacial score (nSPS) is 23.0. The molecule has 0 aromatic carbocycles. The molecule has 24 heavy (non-hydrogen) atoms. The Balaban J connectivity index is 1.27. The molecule has 1 aromatic heterocycles. The molecule has 1 saturated heterocycles. The molecule has 4 rings (SSSR count). The lowest BCUT2D eigenvalue weighted by molar-refractivity contribution is -0.121. The summed E-state index contributed by atoms with van der Waals surface area (Å²) >= 11 is 1.63. The highest BCUT2D eigenvalue weighted by atomic mass is 32.2. The number of fused-ring (bicyclic) bond motifs is 1. The van der Waals surface area contributed by atoms with Crippen molar-refractivity contribution in [3.05, 3.63) is 29.1 Å². The number of hydrogen-bond donors (Lipinski definition) is 2. The maximum atomic E-state index is 12.2. The van der Waals surface area contributed by atoms with Gasteiger partial charge in [-0.15, -0.1) is 0 Å². The summed E-state index contributed by atoms with van der Waals surface area (Å²) in [6.45, 7) is 4.65. The Bertz CT molecular complexity index is 676. The van der Waals surface area contributed by atoms with Gasteiger partial charge in [-0.3, -0.25) is 14.5 Å². The van der Waals surface area contributed by atoms with Gasteiger partial charge in [0.2, 0.25) is 5.91 Å². The number of carbonyl (C=O) groups excluding carboxylic acids is 1. The first-order valence-electron chi connectivity index (χ1n) is 8.48. The van der Waals surface area contributed by atoms with E-state index in [-0.39, 0.29) is 12.5 Å². The second-order valence-corrected chi connectivity index (χ2v) is 7.14. The van der Waals surface area contributed by atoms with Crippen molar-refractivity contribution in [1.82, 2.24) is 25.3 Å². The predicted octanol–water partition coefficient (Wildman–Crippen LogP) is 0.726. The Morgan fingerprint density at radius 3 is 3.33 bits per heavy atom. The van der Waals surface area contributed by atoms with Crippen LogP contribution >= 0.6 is 11.8 Å².